The Bertz CT molecular complexity index is 1020. The predicted octanol–water partition coefficient (Wildman–Crippen LogP) is 6.17. The van der Waals surface area contributed by atoms with Crippen LogP contribution >= 0.6 is 0 Å². The summed E-state index contributed by atoms with van der Waals surface area (Å²) in [6.07, 6.45) is 4.39. The molecule has 3 aromatic carbocycles. The van der Waals surface area contributed by atoms with Crippen LogP contribution in [0.3, 0.4) is 0 Å². The highest BCUT2D eigenvalue weighted by Gasteiger charge is 2.34. The number of fused-ring (bicyclic) bond motifs is 2. The lowest BCUT2D eigenvalue weighted by Gasteiger charge is -2.38. The molecule has 0 saturated carbocycles. The molecule has 1 saturated heterocycles. The van der Waals surface area contributed by atoms with Gasteiger partial charge >= 0.3 is 6.03 Å². The number of hydrogen-bond donors (Lipinski definition) is 1. The number of aryl methyl sites for hydroxylation is 3. The van der Waals surface area contributed by atoms with Gasteiger partial charge in [-0.2, -0.15) is 0 Å². The Balaban J connectivity index is 1.42. The second kappa shape index (κ2) is 8.58. The second-order valence-corrected chi connectivity index (χ2v) is 9.02. The zero-order valence-electron chi connectivity index (χ0n) is 18.2. The fraction of sp³-hybridized carbons (Fsp3) is 0.321. The lowest BCUT2D eigenvalue weighted by Crippen LogP contribution is -2.44. The van der Waals surface area contributed by atoms with E-state index in [1.807, 2.05) is 29.2 Å². The summed E-state index contributed by atoms with van der Waals surface area (Å²) in [4.78, 5) is 15.1. The predicted molar refractivity (Wildman–Crippen MR) is 127 cm³/mol. The highest BCUT2D eigenvalue weighted by Crippen LogP contribution is 2.42. The van der Waals surface area contributed by atoms with E-state index in [0.717, 1.165) is 44.5 Å². The summed E-state index contributed by atoms with van der Waals surface area (Å²) in [5, 5.41) is 3.10. The monoisotopic (exact) mass is 410 g/mol. The number of amides is 2. The average Bonchev–Trinajstić information content (AvgIpc) is 2.97. The lowest BCUT2D eigenvalue weighted by molar-refractivity contribution is 0.171. The number of nitrogens with zero attached hydrogens (tertiary/aromatic N) is 1. The number of carbonyl (C=O) groups is 1. The molecule has 0 bridgehead atoms. The Morgan fingerprint density at radius 2 is 1.48 bits per heavy atom. The van der Waals surface area contributed by atoms with Crippen LogP contribution < -0.4 is 5.32 Å². The van der Waals surface area contributed by atoms with Gasteiger partial charge in [0, 0.05) is 24.7 Å². The average molecular weight is 411 g/mol. The Hall–Kier alpha value is -3.07. The van der Waals surface area contributed by atoms with E-state index in [0.29, 0.717) is 11.8 Å². The molecule has 3 aromatic rings. The first-order valence-corrected chi connectivity index (χ1v) is 11.5. The molecule has 31 heavy (non-hydrogen) atoms. The van der Waals surface area contributed by atoms with E-state index in [9.17, 15) is 4.79 Å². The summed E-state index contributed by atoms with van der Waals surface area (Å²) < 4.78 is 0. The van der Waals surface area contributed by atoms with Crippen molar-refractivity contribution in [1.29, 1.82) is 0 Å². The first-order valence-electron chi connectivity index (χ1n) is 11.5. The Morgan fingerprint density at radius 3 is 2.13 bits per heavy atom. The van der Waals surface area contributed by atoms with Gasteiger partial charge in [-0.05, 0) is 72.9 Å². The van der Waals surface area contributed by atoms with Crippen LogP contribution in [0.25, 0.3) is 0 Å². The van der Waals surface area contributed by atoms with Crippen molar-refractivity contribution < 1.29 is 4.79 Å². The molecule has 1 aliphatic heterocycles. The SMILES string of the molecule is Cc1ccc(NC(=O)N2CCCC(C3c4ccccc4CCc4ccccc43)C2)cc1. The molecule has 1 atom stereocenters. The van der Waals surface area contributed by atoms with E-state index < -0.39 is 0 Å². The van der Waals surface area contributed by atoms with Gasteiger partial charge in [0.15, 0.2) is 0 Å². The van der Waals surface area contributed by atoms with Gasteiger partial charge < -0.3 is 10.2 Å². The molecule has 3 nitrogen and oxygen atoms in total. The molecule has 158 valence electrons. The summed E-state index contributed by atoms with van der Waals surface area (Å²) in [5.74, 6) is 0.780. The molecule has 1 fully saturated rings. The maximum Gasteiger partial charge on any atom is 0.321 e. The van der Waals surface area contributed by atoms with Crippen molar-refractivity contribution in [3.05, 3.63) is 101 Å². The third-order valence-corrected chi connectivity index (χ3v) is 6.96. The summed E-state index contributed by atoms with van der Waals surface area (Å²) in [6, 6.07) is 25.9. The minimum atomic E-state index is 0.0174. The van der Waals surface area contributed by atoms with Gasteiger partial charge in [0.05, 0.1) is 0 Å². The zero-order valence-corrected chi connectivity index (χ0v) is 18.2. The van der Waals surface area contributed by atoms with Crippen LogP contribution in [-0.4, -0.2) is 24.0 Å². The number of hydrogen-bond acceptors (Lipinski definition) is 1. The molecule has 0 aromatic heterocycles. The molecule has 2 aliphatic rings. The molecular formula is C28H30N2O. The number of anilines is 1. The maximum absolute atomic E-state index is 13.1. The number of rotatable bonds is 2. The normalized spacial score (nSPS) is 18.6. The van der Waals surface area contributed by atoms with Crippen LogP contribution in [0.5, 0.6) is 0 Å². The molecule has 1 N–H and O–H groups in total. The Morgan fingerprint density at radius 1 is 0.871 bits per heavy atom. The van der Waals surface area contributed by atoms with Crippen molar-refractivity contribution >= 4 is 11.7 Å². The molecule has 2 amide bonds. The van der Waals surface area contributed by atoms with Crippen molar-refractivity contribution in [3.8, 4) is 0 Å². The summed E-state index contributed by atoms with van der Waals surface area (Å²) in [5.41, 5.74) is 7.90. The molecule has 1 heterocycles. The highest BCUT2D eigenvalue weighted by molar-refractivity contribution is 5.89. The third kappa shape index (κ3) is 4.10. The number of piperidine rings is 1. The smallest absolute Gasteiger partial charge is 0.321 e. The Labute approximate surface area is 185 Å². The van der Waals surface area contributed by atoms with E-state index >= 15 is 0 Å². The highest BCUT2D eigenvalue weighted by atomic mass is 16.2. The zero-order chi connectivity index (χ0) is 21.2. The van der Waals surface area contributed by atoms with E-state index in [1.165, 1.54) is 27.8 Å². The number of carbonyl (C=O) groups excluding carboxylic acids is 1. The first kappa shape index (κ1) is 19.9. The quantitative estimate of drug-likeness (QED) is 0.538. The molecule has 1 unspecified atom stereocenters. The third-order valence-electron chi connectivity index (χ3n) is 6.96. The lowest BCUT2D eigenvalue weighted by atomic mass is 9.75. The molecule has 3 heteroatoms. The Kier molecular flexibility index (Phi) is 5.50. The summed E-state index contributed by atoms with van der Waals surface area (Å²) in [7, 11) is 0. The van der Waals surface area contributed by atoms with Crippen LogP contribution in [0.2, 0.25) is 0 Å². The van der Waals surface area contributed by atoms with Crippen LogP contribution in [0.15, 0.2) is 72.8 Å². The van der Waals surface area contributed by atoms with Crippen LogP contribution in [0.4, 0.5) is 10.5 Å². The van der Waals surface area contributed by atoms with E-state index in [-0.39, 0.29) is 6.03 Å². The largest absolute Gasteiger partial charge is 0.324 e. The van der Waals surface area contributed by atoms with E-state index in [4.69, 9.17) is 0 Å². The number of urea groups is 1. The van der Waals surface area contributed by atoms with E-state index in [2.05, 4.69) is 60.8 Å². The second-order valence-electron chi connectivity index (χ2n) is 9.02. The summed E-state index contributed by atoms with van der Waals surface area (Å²) in [6.45, 7) is 3.68. The molecule has 0 spiro atoms. The number of likely N-dealkylation sites (tertiary alicyclic amines) is 1. The fourth-order valence-electron chi connectivity index (χ4n) is 5.38. The van der Waals surface area contributed by atoms with Crippen molar-refractivity contribution in [2.24, 2.45) is 5.92 Å². The van der Waals surface area contributed by atoms with Gasteiger partial charge in [0.1, 0.15) is 0 Å². The van der Waals surface area contributed by atoms with Crippen molar-refractivity contribution in [2.45, 2.75) is 38.5 Å². The first-order chi connectivity index (χ1) is 15.2. The standard InChI is InChI=1S/C28H30N2O/c1-20-12-16-24(17-13-20)29-28(31)30-18-6-9-23(19-30)27-25-10-4-2-7-21(25)14-15-22-8-3-5-11-26(22)27/h2-5,7-8,10-13,16-17,23,27H,6,9,14-15,18-19H2,1H3,(H,29,31). The molecular weight excluding hydrogens is 380 g/mol. The minimum Gasteiger partial charge on any atom is -0.324 e. The maximum atomic E-state index is 13.1. The van der Waals surface area contributed by atoms with Gasteiger partial charge in [0.25, 0.3) is 0 Å². The molecule has 5 rings (SSSR count). The van der Waals surface area contributed by atoms with Crippen LogP contribution in [0.1, 0.15) is 46.6 Å². The number of nitrogens with one attached hydrogen (secondary N) is 1. The van der Waals surface area contributed by atoms with Crippen molar-refractivity contribution in [2.75, 3.05) is 18.4 Å². The van der Waals surface area contributed by atoms with Gasteiger partial charge in [-0.1, -0.05) is 66.2 Å². The van der Waals surface area contributed by atoms with Crippen molar-refractivity contribution in [3.63, 3.8) is 0 Å². The topological polar surface area (TPSA) is 32.3 Å². The fourth-order valence-corrected chi connectivity index (χ4v) is 5.38. The molecule has 1 aliphatic carbocycles. The molecule has 0 radical (unpaired) electrons. The number of benzene rings is 3. The van der Waals surface area contributed by atoms with Crippen LogP contribution in [-0.2, 0) is 12.8 Å². The van der Waals surface area contributed by atoms with Gasteiger partial charge in [-0.15, -0.1) is 0 Å². The van der Waals surface area contributed by atoms with Gasteiger partial charge in [-0.3, -0.25) is 0 Å². The van der Waals surface area contributed by atoms with E-state index in [1.54, 1.807) is 0 Å². The van der Waals surface area contributed by atoms with Crippen LogP contribution in [0, 0.1) is 12.8 Å². The minimum absolute atomic E-state index is 0.0174. The van der Waals surface area contributed by atoms with Crippen molar-refractivity contribution in [1.82, 2.24) is 4.90 Å². The summed E-state index contributed by atoms with van der Waals surface area (Å²) >= 11 is 0. The van der Waals surface area contributed by atoms with Gasteiger partial charge in [-0.25, -0.2) is 4.79 Å². The van der Waals surface area contributed by atoms with Gasteiger partial charge in [0.2, 0.25) is 0 Å².